The van der Waals surface area contributed by atoms with E-state index in [1.165, 1.54) is 11.6 Å². The van der Waals surface area contributed by atoms with E-state index in [-0.39, 0.29) is 5.82 Å². The van der Waals surface area contributed by atoms with Crippen molar-refractivity contribution in [3.8, 4) is 0 Å². The summed E-state index contributed by atoms with van der Waals surface area (Å²) in [6.45, 7) is 5.90. The fourth-order valence-electron chi connectivity index (χ4n) is 2.12. The molecule has 0 atom stereocenters. The number of benzene rings is 2. The Bertz CT molecular complexity index is 599. The lowest BCUT2D eigenvalue weighted by molar-refractivity contribution is 0.628. The smallest absolute Gasteiger partial charge is 0.148 e. The van der Waals surface area contributed by atoms with Gasteiger partial charge in [-0.25, -0.2) is 4.39 Å². The number of rotatable bonds is 4. The van der Waals surface area contributed by atoms with Crippen LogP contribution in [0.4, 0.5) is 15.8 Å². The first-order valence-electron chi connectivity index (χ1n) is 6.40. The van der Waals surface area contributed by atoms with Crippen molar-refractivity contribution in [2.24, 2.45) is 0 Å². The third-order valence-corrected chi connectivity index (χ3v) is 3.41. The normalized spacial score (nSPS) is 10.4. The van der Waals surface area contributed by atoms with Crippen molar-refractivity contribution in [1.29, 1.82) is 0 Å². The molecule has 0 N–H and O–H groups in total. The predicted molar refractivity (Wildman–Crippen MR) is 84.4 cm³/mol. The van der Waals surface area contributed by atoms with Crippen molar-refractivity contribution in [3.63, 3.8) is 0 Å². The molecule has 104 valence electrons. The van der Waals surface area contributed by atoms with E-state index in [1.54, 1.807) is 24.1 Å². The summed E-state index contributed by atoms with van der Waals surface area (Å²) in [5.41, 5.74) is 3.59. The molecule has 1 nitrogen and oxygen atoms in total. The lowest BCUT2D eigenvalue weighted by Crippen LogP contribution is -2.11. The summed E-state index contributed by atoms with van der Waals surface area (Å²) in [5, 5.41) is 0.401. The fraction of sp³-hybridized carbons (Fsp3) is 0.176. The highest BCUT2D eigenvalue weighted by molar-refractivity contribution is 6.33. The van der Waals surface area contributed by atoms with Crippen LogP contribution in [0, 0.1) is 5.82 Å². The lowest BCUT2D eigenvalue weighted by Gasteiger charge is -2.21. The number of hydrogen-bond acceptors (Lipinski definition) is 1. The molecule has 2 aromatic carbocycles. The highest BCUT2D eigenvalue weighted by atomic mass is 35.5. The van der Waals surface area contributed by atoms with E-state index in [9.17, 15) is 4.39 Å². The van der Waals surface area contributed by atoms with Crippen molar-refractivity contribution in [1.82, 2.24) is 0 Å². The number of anilines is 2. The molecule has 20 heavy (non-hydrogen) atoms. The third kappa shape index (κ3) is 3.20. The molecule has 0 radical (unpaired) electrons. The predicted octanol–water partition coefficient (Wildman–Crippen LogP) is 5.37. The van der Waals surface area contributed by atoms with Crippen LogP contribution in [0.3, 0.4) is 0 Å². The Hall–Kier alpha value is -1.80. The van der Waals surface area contributed by atoms with Gasteiger partial charge in [0.15, 0.2) is 0 Å². The van der Waals surface area contributed by atoms with Crippen LogP contribution in [0.2, 0.25) is 5.02 Å². The second kappa shape index (κ2) is 6.10. The van der Waals surface area contributed by atoms with E-state index in [0.717, 1.165) is 17.7 Å². The second-order valence-corrected chi connectivity index (χ2v) is 5.34. The first-order valence-corrected chi connectivity index (χ1v) is 6.78. The molecular weight excluding hydrogens is 273 g/mol. The van der Waals surface area contributed by atoms with Gasteiger partial charge in [0.1, 0.15) is 5.82 Å². The van der Waals surface area contributed by atoms with Gasteiger partial charge in [-0.05, 0) is 43.2 Å². The van der Waals surface area contributed by atoms with Gasteiger partial charge in [-0.3, -0.25) is 0 Å². The molecule has 0 saturated carbocycles. The summed E-state index contributed by atoms with van der Waals surface area (Å²) in [4.78, 5) is 1.75. The van der Waals surface area contributed by atoms with Crippen molar-refractivity contribution < 1.29 is 4.39 Å². The Morgan fingerprint density at radius 2 is 1.85 bits per heavy atom. The molecule has 0 aliphatic carbocycles. The molecule has 2 aromatic rings. The van der Waals surface area contributed by atoms with Gasteiger partial charge >= 0.3 is 0 Å². The number of hydrogen-bond donors (Lipinski definition) is 0. The Labute approximate surface area is 124 Å². The van der Waals surface area contributed by atoms with E-state index in [2.05, 4.69) is 6.58 Å². The van der Waals surface area contributed by atoms with Gasteiger partial charge < -0.3 is 4.90 Å². The van der Waals surface area contributed by atoms with Crippen molar-refractivity contribution >= 4 is 23.0 Å². The molecule has 0 aromatic heterocycles. The van der Waals surface area contributed by atoms with Gasteiger partial charge in [-0.15, -0.1) is 0 Å². The van der Waals surface area contributed by atoms with E-state index in [1.807, 2.05) is 31.2 Å². The first kappa shape index (κ1) is 14.6. The number of nitrogens with zero attached hydrogens (tertiary/aromatic N) is 1. The van der Waals surface area contributed by atoms with Crippen molar-refractivity contribution in [3.05, 3.63) is 71.0 Å². The minimum Gasteiger partial charge on any atom is -0.341 e. The highest BCUT2D eigenvalue weighted by Crippen LogP contribution is 2.33. The molecule has 0 fully saturated rings. The molecule has 0 bridgehead atoms. The van der Waals surface area contributed by atoms with Crippen molar-refractivity contribution in [2.45, 2.75) is 13.3 Å². The van der Waals surface area contributed by atoms with Gasteiger partial charge in [-0.1, -0.05) is 42.0 Å². The van der Waals surface area contributed by atoms with Crippen LogP contribution in [-0.4, -0.2) is 7.05 Å². The lowest BCUT2D eigenvalue weighted by atomic mass is 10.1. The first-order chi connectivity index (χ1) is 9.49. The van der Waals surface area contributed by atoms with Gasteiger partial charge in [0.2, 0.25) is 0 Å². The van der Waals surface area contributed by atoms with Crippen LogP contribution in [0.25, 0.3) is 0 Å². The Morgan fingerprint density at radius 1 is 1.20 bits per heavy atom. The Morgan fingerprint density at radius 3 is 2.40 bits per heavy atom. The van der Waals surface area contributed by atoms with Gasteiger partial charge in [0, 0.05) is 12.7 Å². The van der Waals surface area contributed by atoms with Crippen LogP contribution < -0.4 is 4.90 Å². The van der Waals surface area contributed by atoms with E-state index < -0.39 is 0 Å². The Kier molecular flexibility index (Phi) is 4.46. The maximum Gasteiger partial charge on any atom is 0.148 e. The quantitative estimate of drug-likeness (QED) is 0.684. The minimum atomic E-state index is -0.328. The fourth-order valence-corrected chi connectivity index (χ4v) is 2.41. The zero-order valence-electron chi connectivity index (χ0n) is 11.7. The SMILES string of the molecule is C=C(C)Cc1ccc(N(C)c2c(F)cccc2Cl)cc1. The minimum absolute atomic E-state index is 0.328. The maximum absolute atomic E-state index is 13.9. The molecule has 3 heteroatoms. The zero-order chi connectivity index (χ0) is 14.7. The van der Waals surface area contributed by atoms with Crippen LogP contribution in [0.15, 0.2) is 54.6 Å². The molecule has 0 saturated heterocycles. The molecule has 0 aliphatic heterocycles. The van der Waals surface area contributed by atoms with Gasteiger partial charge in [0.25, 0.3) is 0 Å². The van der Waals surface area contributed by atoms with Crippen LogP contribution in [0.1, 0.15) is 12.5 Å². The van der Waals surface area contributed by atoms with Crippen LogP contribution in [0.5, 0.6) is 0 Å². The summed E-state index contributed by atoms with van der Waals surface area (Å²) in [6.07, 6.45) is 0.852. The standard InChI is InChI=1S/C17H17ClFN/c1-12(2)11-13-7-9-14(10-8-13)20(3)17-15(18)5-4-6-16(17)19/h4-10H,1,11H2,2-3H3. The largest absolute Gasteiger partial charge is 0.341 e. The molecule has 2 rings (SSSR count). The summed E-state index contributed by atoms with van der Waals surface area (Å²) < 4.78 is 13.9. The summed E-state index contributed by atoms with van der Waals surface area (Å²) in [7, 11) is 1.80. The Balaban J connectivity index is 2.29. The van der Waals surface area contributed by atoms with Gasteiger partial charge in [0.05, 0.1) is 10.7 Å². The zero-order valence-corrected chi connectivity index (χ0v) is 12.4. The van der Waals surface area contributed by atoms with Crippen LogP contribution in [-0.2, 0) is 6.42 Å². The molecule has 0 aliphatic rings. The summed E-state index contributed by atoms with van der Waals surface area (Å²) in [6, 6.07) is 12.7. The number of para-hydroxylation sites is 1. The monoisotopic (exact) mass is 289 g/mol. The average Bonchev–Trinajstić information content (AvgIpc) is 2.38. The van der Waals surface area contributed by atoms with E-state index in [0.29, 0.717) is 10.7 Å². The topological polar surface area (TPSA) is 3.24 Å². The van der Waals surface area contributed by atoms with Gasteiger partial charge in [-0.2, -0.15) is 0 Å². The van der Waals surface area contributed by atoms with Crippen LogP contribution >= 0.6 is 11.6 Å². The summed E-state index contributed by atoms with van der Waals surface area (Å²) >= 11 is 6.08. The molecule has 0 unspecified atom stereocenters. The second-order valence-electron chi connectivity index (χ2n) is 4.93. The van der Waals surface area contributed by atoms with Crippen molar-refractivity contribution in [2.75, 3.05) is 11.9 Å². The molecule has 0 heterocycles. The average molecular weight is 290 g/mol. The highest BCUT2D eigenvalue weighted by Gasteiger charge is 2.13. The summed E-state index contributed by atoms with van der Waals surface area (Å²) in [5.74, 6) is -0.328. The molecule has 0 spiro atoms. The number of allylic oxidation sites excluding steroid dienone is 1. The maximum atomic E-state index is 13.9. The number of halogens is 2. The van der Waals surface area contributed by atoms with E-state index >= 15 is 0 Å². The third-order valence-electron chi connectivity index (χ3n) is 3.10. The molecule has 0 amide bonds. The molecular formula is C17H17ClFN. The van der Waals surface area contributed by atoms with E-state index in [4.69, 9.17) is 11.6 Å².